The van der Waals surface area contributed by atoms with Gasteiger partial charge in [0.25, 0.3) is 0 Å². The summed E-state index contributed by atoms with van der Waals surface area (Å²) in [4.78, 5) is 16.5. The lowest BCUT2D eigenvalue weighted by Crippen LogP contribution is -2.31. The molecule has 3 nitrogen and oxygen atoms in total. The molecule has 3 heteroatoms. The highest BCUT2D eigenvalue weighted by molar-refractivity contribution is 5.76. The molecule has 98 valence electrons. The minimum absolute atomic E-state index is 0.415. The van der Waals surface area contributed by atoms with Crippen molar-refractivity contribution in [2.24, 2.45) is 11.8 Å². The minimum atomic E-state index is 0.415. The summed E-state index contributed by atoms with van der Waals surface area (Å²) >= 11 is 0. The highest BCUT2D eigenvalue weighted by Crippen LogP contribution is 2.29. The second-order valence-corrected chi connectivity index (χ2v) is 6.11. The van der Waals surface area contributed by atoms with Gasteiger partial charge in [0.2, 0.25) is 5.91 Å². The van der Waals surface area contributed by atoms with Crippen molar-refractivity contribution in [2.75, 3.05) is 33.7 Å². The first kappa shape index (κ1) is 12.9. The fraction of sp³-hybridized carbons (Fsp3) is 0.929. The molecule has 1 atom stereocenters. The van der Waals surface area contributed by atoms with E-state index in [4.69, 9.17) is 0 Å². The zero-order valence-corrected chi connectivity index (χ0v) is 11.3. The lowest BCUT2D eigenvalue weighted by molar-refractivity contribution is -0.131. The molecule has 0 spiro atoms. The summed E-state index contributed by atoms with van der Waals surface area (Å²) in [6, 6.07) is 0. The molecule has 2 fully saturated rings. The molecule has 1 unspecified atom stereocenters. The van der Waals surface area contributed by atoms with Gasteiger partial charge in [0.1, 0.15) is 0 Å². The topological polar surface area (TPSA) is 23.6 Å². The number of likely N-dealkylation sites (tertiary alicyclic amines) is 1. The molecule has 0 aromatic heterocycles. The molecule has 0 aromatic rings. The smallest absolute Gasteiger partial charge is 0.222 e. The van der Waals surface area contributed by atoms with Crippen LogP contribution < -0.4 is 0 Å². The molecule has 1 saturated carbocycles. The molecule has 17 heavy (non-hydrogen) atoms. The van der Waals surface area contributed by atoms with Crippen LogP contribution >= 0.6 is 0 Å². The molecule has 2 rings (SSSR count). The predicted octanol–water partition coefficient (Wildman–Crippen LogP) is 1.98. The van der Waals surface area contributed by atoms with Gasteiger partial charge in [-0.1, -0.05) is 12.8 Å². The molecule has 0 aromatic carbocycles. The monoisotopic (exact) mass is 238 g/mol. The minimum Gasteiger partial charge on any atom is -0.342 e. The van der Waals surface area contributed by atoms with E-state index in [-0.39, 0.29) is 0 Å². The van der Waals surface area contributed by atoms with Gasteiger partial charge in [0.05, 0.1) is 0 Å². The van der Waals surface area contributed by atoms with Crippen molar-refractivity contribution >= 4 is 5.91 Å². The van der Waals surface area contributed by atoms with Gasteiger partial charge in [0.15, 0.2) is 0 Å². The van der Waals surface area contributed by atoms with Crippen LogP contribution in [0.2, 0.25) is 0 Å². The first-order valence-corrected chi connectivity index (χ1v) is 7.07. The molecule has 0 N–H and O–H groups in total. The van der Waals surface area contributed by atoms with E-state index >= 15 is 0 Å². The molecule has 1 amide bonds. The van der Waals surface area contributed by atoms with Gasteiger partial charge >= 0.3 is 0 Å². The van der Waals surface area contributed by atoms with Crippen molar-refractivity contribution in [1.29, 1.82) is 0 Å². The lowest BCUT2D eigenvalue weighted by Gasteiger charge is -2.20. The van der Waals surface area contributed by atoms with Crippen LogP contribution in [0.5, 0.6) is 0 Å². The van der Waals surface area contributed by atoms with Gasteiger partial charge in [-0.25, -0.2) is 0 Å². The van der Waals surface area contributed by atoms with Crippen molar-refractivity contribution in [3.63, 3.8) is 0 Å². The van der Waals surface area contributed by atoms with Crippen molar-refractivity contribution in [2.45, 2.75) is 38.5 Å². The van der Waals surface area contributed by atoms with Crippen molar-refractivity contribution in [3.05, 3.63) is 0 Å². The number of rotatable bonds is 4. The Morgan fingerprint density at radius 1 is 1.18 bits per heavy atom. The second kappa shape index (κ2) is 5.85. The molecule has 0 bridgehead atoms. The normalized spacial score (nSPS) is 26.1. The highest BCUT2D eigenvalue weighted by atomic mass is 16.2. The number of carbonyl (C=O) groups is 1. The standard InChI is InChI=1S/C14H26N2O/c1-15(2)10-13-7-8-16(11-13)14(17)9-12-5-3-4-6-12/h12-13H,3-11H2,1-2H3. The molecule has 1 aliphatic heterocycles. The van der Waals surface area contributed by atoms with Gasteiger partial charge in [-0.05, 0) is 45.2 Å². The molecular formula is C14H26N2O. The van der Waals surface area contributed by atoms with Crippen LogP contribution in [0.1, 0.15) is 38.5 Å². The Balaban J connectivity index is 1.73. The van der Waals surface area contributed by atoms with Crippen LogP contribution in [0.25, 0.3) is 0 Å². The molecular weight excluding hydrogens is 212 g/mol. The average molecular weight is 238 g/mol. The van der Waals surface area contributed by atoms with E-state index < -0.39 is 0 Å². The van der Waals surface area contributed by atoms with E-state index in [0.717, 1.165) is 26.1 Å². The summed E-state index contributed by atoms with van der Waals surface area (Å²) in [5.41, 5.74) is 0. The Morgan fingerprint density at radius 3 is 2.53 bits per heavy atom. The zero-order valence-electron chi connectivity index (χ0n) is 11.3. The summed E-state index contributed by atoms with van der Waals surface area (Å²) in [5, 5.41) is 0. The summed E-state index contributed by atoms with van der Waals surface area (Å²) < 4.78 is 0. The van der Waals surface area contributed by atoms with Gasteiger partial charge in [-0.2, -0.15) is 0 Å². The van der Waals surface area contributed by atoms with Crippen molar-refractivity contribution < 1.29 is 4.79 Å². The molecule has 2 aliphatic rings. The first-order chi connectivity index (χ1) is 8.15. The van der Waals surface area contributed by atoms with E-state index in [1.54, 1.807) is 0 Å². The van der Waals surface area contributed by atoms with Crippen molar-refractivity contribution in [3.8, 4) is 0 Å². The maximum absolute atomic E-state index is 12.1. The van der Waals surface area contributed by atoms with E-state index in [9.17, 15) is 4.79 Å². The Hall–Kier alpha value is -0.570. The van der Waals surface area contributed by atoms with Gasteiger partial charge in [-0.3, -0.25) is 4.79 Å². The quantitative estimate of drug-likeness (QED) is 0.747. The summed E-state index contributed by atoms with van der Waals surface area (Å²) in [6.07, 6.45) is 7.23. The fourth-order valence-electron chi connectivity index (χ4n) is 3.32. The van der Waals surface area contributed by atoms with Crippen LogP contribution in [-0.2, 0) is 4.79 Å². The largest absolute Gasteiger partial charge is 0.342 e. The third-order valence-electron chi connectivity index (χ3n) is 4.20. The average Bonchev–Trinajstić information content (AvgIpc) is 2.87. The predicted molar refractivity (Wildman–Crippen MR) is 69.8 cm³/mol. The van der Waals surface area contributed by atoms with Gasteiger partial charge in [0, 0.05) is 26.1 Å². The molecule has 1 aliphatic carbocycles. The molecule has 1 heterocycles. The zero-order chi connectivity index (χ0) is 12.3. The Bertz CT molecular complexity index is 259. The SMILES string of the molecule is CN(C)CC1CCN(C(=O)CC2CCCC2)C1. The highest BCUT2D eigenvalue weighted by Gasteiger charge is 2.28. The third kappa shape index (κ3) is 3.70. The Morgan fingerprint density at radius 2 is 1.88 bits per heavy atom. The van der Waals surface area contributed by atoms with Crippen molar-refractivity contribution in [1.82, 2.24) is 9.80 Å². The molecule has 0 radical (unpaired) electrons. The van der Waals surface area contributed by atoms with Gasteiger partial charge in [-0.15, -0.1) is 0 Å². The van der Waals surface area contributed by atoms with Gasteiger partial charge < -0.3 is 9.80 Å². The lowest BCUT2D eigenvalue weighted by atomic mass is 10.0. The van der Waals surface area contributed by atoms with Crippen LogP contribution in [0.15, 0.2) is 0 Å². The number of carbonyl (C=O) groups excluding carboxylic acids is 1. The maximum Gasteiger partial charge on any atom is 0.222 e. The Kier molecular flexibility index (Phi) is 4.43. The molecule has 1 saturated heterocycles. The summed E-state index contributed by atoms with van der Waals surface area (Å²) in [5.74, 6) is 1.80. The summed E-state index contributed by atoms with van der Waals surface area (Å²) in [6.45, 7) is 3.10. The van der Waals surface area contributed by atoms with Crippen LogP contribution in [-0.4, -0.2) is 49.4 Å². The number of nitrogens with zero attached hydrogens (tertiary/aromatic N) is 2. The Labute approximate surface area is 105 Å². The maximum atomic E-state index is 12.1. The van der Waals surface area contributed by atoms with Crippen LogP contribution in [0.4, 0.5) is 0 Å². The third-order valence-corrected chi connectivity index (χ3v) is 4.20. The fourth-order valence-corrected chi connectivity index (χ4v) is 3.32. The van der Waals surface area contributed by atoms with E-state index in [0.29, 0.717) is 17.7 Å². The van der Waals surface area contributed by atoms with Crippen LogP contribution in [0.3, 0.4) is 0 Å². The van der Waals surface area contributed by atoms with E-state index in [2.05, 4.69) is 23.9 Å². The summed E-state index contributed by atoms with van der Waals surface area (Å²) in [7, 11) is 4.23. The number of hydrogen-bond donors (Lipinski definition) is 0. The second-order valence-electron chi connectivity index (χ2n) is 6.11. The van der Waals surface area contributed by atoms with E-state index in [1.807, 2.05) is 0 Å². The number of amides is 1. The number of hydrogen-bond acceptors (Lipinski definition) is 2. The first-order valence-electron chi connectivity index (χ1n) is 7.07. The van der Waals surface area contributed by atoms with Crippen LogP contribution in [0, 0.1) is 11.8 Å². The van der Waals surface area contributed by atoms with E-state index in [1.165, 1.54) is 32.1 Å².